The monoisotopic (exact) mass is 1090 g/mol. The molecule has 0 unspecified atom stereocenters. The maximum atomic E-state index is 9.30. The second-order valence-electron chi connectivity index (χ2n) is 22.2. The van der Waals surface area contributed by atoms with Crippen LogP contribution in [0.1, 0.15) is 116 Å². The van der Waals surface area contributed by atoms with E-state index >= 15 is 0 Å². The number of aromatic nitrogens is 6. The first-order valence-electron chi connectivity index (χ1n) is 28.3. The largest absolute Gasteiger partial charge is 0.261 e. The molecule has 1 aliphatic heterocycles. The van der Waals surface area contributed by atoms with Crippen molar-refractivity contribution in [2.45, 2.75) is 72.6 Å². The number of nitrogens with zero attached hydrogens (tertiary/aromatic N) is 11. The van der Waals surface area contributed by atoms with Crippen molar-refractivity contribution in [2.75, 3.05) is 6.54 Å². The molecule has 0 fully saturated rings. The fourth-order valence-corrected chi connectivity index (χ4v) is 12.3. The SMILES string of the molecule is C[C@H]1[C@H](/C=C/c2ccc(-c3ccccc3C#N)cn2)C2=C(CN=N2)C[C@@H]1C.C[C@H]1[C@H](/C=C/c2ccc(-c3ccccc3C#N)cn2)c2cccnc2C[C@@H]1C.C[C@H]1[C@H](/C=C/c2ccc(-c3ccccc3C#N)cn2)c2nsnc2C[C@@H]1C. The van der Waals surface area contributed by atoms with Gasteiger partial charge in [0.05, 0.1) is 87.3 Å². The van der Waals surface area contributed by atoms with Crippen LogP contribution in [0.25, 0.3) is 51.6 Å². The normalized spacial score (nSPS) is 22.4. The molecule has 9 atom stereocenters. The molecule has 3 aromatic carbocycles. The second kappa shape index (κ2) is 26.0. The van der Waals surface area contributed by atoms with E-state index in [1.54, 1.807) is 0 Å². The Labute approximate surface area is 486 Å². The first-order valence-corrected chi connectivity index (χ1v) is 29.0. The lowest BCUT2D eigenvalue weighted by atomic mass is 9.72. The van der Waals surface area contributed by atoms with Gasteiger partial charge in [0, 0.05) is 81.6 Å². The zero-order valence-electron chi connectivity index (χ0n) is 47.2. The first kappa shape index (κ1) is 56.1. The van der Waals surface area contributed by atoms with Crippen LogP contribution in [0.4, 0.5) is 0 Å². The summed E-state index contributed by atoms with van der Waals surface area (Å²) in [5.41, 5.74) is 17.8. The summed E-state index contributed by atoms with van der Waals surface area (Å²) >= 11 is 1.31. The molecular weight excluding hydrogens is 1030 g/mol. The minimum Gasteiger partial charge on any atom is -0.261 e. The van der Waals surface area contributed by atoms with Crippen LogP contribution < -0.4 is 0 Å². The van der Waals surface area contributed by atoms with Crippen LogP contribution >= 0.6 is 11.7 Å². The molecule has 4 aliphatic rings. The van der Waals surface area contributed by atoms with Crippen LogP contribution in [0.5, 0.6) is 0 Å². The van der Waals surface area contributed by atoms with Gasteiger partial charge in [-0.25, -0.2) is 0 Å². The Morgan fingerprint density at radius 2 is 0.915 bits per heavy atom. The van der Waals surface area contributed by atoms with Crippen molar-refractivity contribution in [2.24, 2.45) is 51.7 Å². The third-order valence-electron chi connectivity index (χ3n) is 17.2. The smallest absolute Gasteiger partial charge is 0.0998 e. The van der Waals surface area contributed by atoms with Gasteiger partial charge < -0.3 is 0 Å². The molecule has 0 saturated heterocycles. The summed E-state index contributed by atoms with van der Waals surface area (Å²) < 4.78 is 9.00. The van der Waals surface area contributed by atoms with Crippen LogP contribution in [0.15, 0.2) is 186 Å². The number of pyridine rings is 4. The standard InChI is InChI=1S/C25H23N3.C23H22N4.C22H20N4S/c1-17-14-25-24(8-5-13-27-25)22(18(17)2)12-11-21-10-9-20(16-28-21)23-7-4-3-6-19(23)15-26;1-15-11-19-14-26-27-23(19)21(16(15)2)10-9-20-8-7-18(13-25-20)22-6-4-3-5-17(22)12-24;1-14-11-21-22(26-27-25-21)19(15(14)2)10-9-18-8-7-17(13-24-18)20-6-4-3-5-16(20)12-23/h3-13,16-18,22H,14H2,1-2H3;3-10,13,15-16,21H,11,14H2,1-2H3;3-10,13-15,19H,11H2,1-2H3/b12-11+;2*10-9+/t17-,18+,22-;15-,16+,21-;14-,15+,19-/m000/s1. The Balaban J connectivity index is 0.000000138. The summed E-state index contributed by atoms with van der Waals surface area (Å²) in [6.45, 7) is 14.6. The fraction of sp³-hybridized carbons (Fsp3) is 0.271. The topological polar surface area (TPSA) is 173 Å². The number of hydrogen-bond donors (Lipinski definition) is 0. The van der Waals surface area contributed by atoms with Crippen molar-refractivity contribution >= 4 is 30.0 Å². The number of benzene rings is 3. The molecule has 12 rings (SSSR count). The fourth-order valence-electron chi connectivity index (χ4n) is 11.7. The number of rotatable bonds is 9. The summed E-state index contributed by atoms with van der Waals surface area (Å²) in [5, 5.41) is 36.5. The highest BCUT2D eigenvalue weighted by Crippen LogP contribution is 2.44. The van der Waals surface area contributed by atoms with Crippen LogP contribution in [0, 0.1) is 75.4 Å². The van der Waals surface area contributed by atoms with Crippen LogP contribution in [0.2, 0.25) is 0 Å². The van der Waals surface area contributed by atoms with Crippen molar-refractivity contribution in [1.29, 1.82) is 15.8 Å². The molecule has 406 valence electrons. The number of nitriles is 3. The van der Waals surface area contributed by atoms with Gasteiger partial charge in [-0.15, -0.1) is 0 Å². The molecule has 8 aromatic rings. The van der Waals surface area contributed by atoms with Crippen molar-refractivity contribution in [1.82, 2.24) is 28.7 Å². The van der Waals surface area contributed by atoms with Crippen molar-refractivity contribution in [3.8, 4) is 51.6 Å². The molecule has 0 spiro atoms. The summed E-state index contributed by atoms with van der Waals surface area (Å²) in [6, 6.07) is 45.9. The van der Waals surface area contributed by atoms with E-state index in [1.807, 2.05) is 140 Å². The summed E-state index contributed by atoms with van der Waals surface area (Å²) in [6.07, 6.45) is 23.6. The Morgan fingerprint density at radius 3 is 1.41 bits per heavy atom. The summed E-state index contributed by atoms with van der Waals surface area (Å²) in [5.74, 6) is 4.41. The molecular formula is C70H65N11S. The highest BCUT2D eigenvalue weighted by molar-refractivity contribution is 6.99. The van der Waals surface area contributed by atoms with E-state index < -0.39 is 0 Å². The van der Waals surface area contributed by atoms with Crippen molar-refractivity contribution in [3.05, 3.63) is 232 Å². The molecule has 11 nitrogen and oxygen atoms in total. The average Bonchev–Trinajstić information content (AvgIpc) is 4.39. The molecule has 0 radical (unpaired) electrons. The van der Waals surface area contributed by atoms with Gasteiger partial charge in [-0.3, -0.25) is 19.9 Å². The van der Waals surface area contributed by atoms with E-state index in [0.717, 1.165) is 93.4 Å². The Morgan fingerprint density at radius 1 is 0.463 bits per heavy atom. The maximum Gasteiger partial charge on any atom is 0.0998 e. The highest BCUT2D eigenvalue weighted by atomic mass is 32.1. The lowest BCUT2D eigenvalue weighted by Crippen LogP contribution is -2.25. The molecule has 0 N–H and O–H groups in total. The third-order valence-corrected chi connectivity index (χ3v) is 17.7. The molecule has 0 saturated carbocycles. The lowest BCUT2D eigenvalue weighted by Gasteiger charge is -2.33. The van der Waals surface area contributed by atoms with E-state index in [1.165, 1.54) is 28.6 Å². The van der Waals surface area contributed by atoms with Crippen LogP contribution in [-0.4, -0.2) is 35.2 Å². The van der Waals surface area contributed by atoms with E-state index in [4.69, 9.17) is 0 Å². The number of azo groups is 1. The van der Waals surface area contributed by atoms with Crippen LogP contribution in [0.3, 0.4) is 0 Å². The van der Waals surface area contributed by atoms with Gasteiger partial charge in [0.15, 0.2) is 0 Å². The van der Waals surface area contributed by atoms with E-state index in [0.29, 0.717) is 64.0 Å². The number of hydrogen-bond acceptors (Lipinski definition) is 12. The predicted octanol–water partition coefficient (Wildman–Crippen LogP) is 16.4. The van der Waals surface area contributed by atoms with E-state index in [-0.39, 0.29) is 5.92 Å². The van der Waals surface area contributed by atoms with Crippen LogP contribution in [-0.2, 0) is 12.8 Å². The Hall–Kier alpha value is -9.15. The minimum atomic E-state index is 0.281. The zero-order chi connectivity index (χ0) is 57.1. The third kappa shape index (κ3) is 12.6. The number of fused-ring (bicyclic) bond motifs is 2. The molecule has 3 aliphatic carbocycles. The zero-order valence-corrected chi connectivity index (χ0v) is 48.0. The van der Waals surface area contributed by atoms with Gasteiger partial charge in [-0.05, 0) is 127 Å². The second-order valence-corrected chi connectivity index (χ2v) is 22.7. The lowest BCUT2D eigenvalue weighted by molar-refractivity contribution is 0.306. The van der Waals surface area contributed by atoms with Gasteiger partial charge >= 0.3 is 0 Å². The Bertz CT molecular complexity index is 3830. The predicted molar refractivity (Wildman–Crippen MR) is 327 cm³/mol. The van der Waals surface area contributed by atoms with Crippen molar-refractivity contribution < 1.29 is 0 Å². The molecule has 0 amide bonds. The summed E-state index contributed by atoms with van der Waals surface area (Å²) in [7, 11) is 0. The van der Waals surface area contributed by atoms with Gasteiger partial charge in [-0.2, -0.15) is 34.8 Å². The number of allylic oxidation sites excluding steroid dienone is 3. The minimum absolute atomic E-state index is 0.281. The van der Waals surface area contributed by atoms with Crippen molar-refractivity contribution in [3.63, 3.8) is 0 Å². The van der Waals surface area contributed by atoms with Gasteiger partial charge in [0.2, 0.25) is 0 Å². The molecule has 82 heavy (non-hydrogen) atoms. The van der Waals surface area contributed by atoms with Gasteiger partial charge in [0.1, 0.15) is 0 Å². The quantitative estimate of drug-likeness (QED) is 0.136. The van der Waals surface area contributed by atoms with Gasteiger partial charge in [-0.1, -0.05) is 139 Å². The Kier molecular flexibility index (Phi) is 17.8. The summed E-state index contributed by atoms with van der Waals surface area (Å²) in [4.78, 5) is 18.3. The molecule has 5 aromatic heterocycles. The highest BCUT2D eigenvalue weighted by Gasteiger charge is 2.35. The molecule has 0 bridgehead atoms. The van der Waals surface area contributed by atoms with E-state index in [2.05, 4.69) is 141 Å². The van der Waals surface area contributed by atoms with Gasteiger partial charge in [0.25, 0.3) is 0 Å². The maximum absolute atomic E-state index is 9.30. The van der Waals surface area contributed by atoms with E-state index in [9.17, 15) is 15.8 Å². The molecule has 12 heteroatoms. The first-order chi connectivity index (χ1) is 40.0. The average molecular weight is 1090 g/mol. The molecule has 6 heterocycles.